The summed E-state index contributed by atoms with van der Waals surface area (Å²) in [6, 6.07) is 0. The van der Waals surface area contributed by atoms with Crippen molar-refractivity contribution < 1.29 is 9.59 Å². The van der Waals surface area contributed by atoms with E-state index in [2.05, 4.69) is 0 Å². The fourth-order valence-electron chi connectivity index (χ4n) is 0. The number of isocyanates is 2. The summed E-state index contributed by atoms with van der Waals surface area (Å²) in [5.74, 6) is 0. The molecule has 0 aromatic rings. The standard InChI is InChI=1S/2CHNO.Se/c2*2-1-3;/h2*2H;. The van der Waals surface area contributed by atoms with E-state index >= 15 is 0 Å². The molecular formula is C2H2N2O2Se. The first-order chi connectivity index (χ1) is 2.83. The Balaban J connectivity index is -0.0000000400. The molecule has 0 unspecified atom stereocenters. The molecular weight excluding hydrogens is 163 g/mol. The normalized spacial score (nSPS) is 2.29. The van der Waals surface area contributed by atoms with E-state index in [1.54, 1.807) is 0 Å². The first kappa shape index (κ1) is 16.3. The third-order valence-electron chi connectivity index (χ3n) is 0. The van der Waals surface area contributed by atoms with E-state index in [1.165, 1.54) is 0 Å². The third kappa shape index (κ3) is 109. The van der Waals surface area contributed by atoms with Gasteiger partial charge >= 0.3 is 0 Å². The molecule has 0 amide bonds. The Morgan fingerprint density at radius 2 is 1.00 bits per heavy atom. The minimum Gasteiger partial charge on any atom is -0.222 e. The van der Waals surface area contributed by atoms with Crippen molar-refractivity contribution in [1.29, 1.82) is 10.8 Å². The van der Waals surface area contributed by atoms with Crippen LogP contribution in [0.3, 0.4) is 0 Å². The van der Waals surface area contributed by atoms with E-state index in [1.807, 2.05) is 0 Å². The van der Waals surface area contributed by atoms with Crippen molar-refractivity contribution in [3.05, 3.63) is 0 Å². The van der Waals surface area contributed by atoms with Gasteiger partial charge in [-0.15, -0.1) is 0 Å². The molecule has 0 aliphatic rings. The molecule has 0 aliphatic carbocycles. The zero-order chi connectivity index (χ0) is 5.41. The Morgan fingerprint density at radius 3 is 1.00 bits per heavy atom. The van der Waals surface area contributed by atoms with Crippen LogP contribution in [0.1, 0.15) is 0 Å². The first-order valence-corrected chi connectivity index (χ1v) is 0.908. The molecule has 0 spiro atoms. The molecule has 0 aromatic carbocycles. The Morgan fingerprint density at radius 1 is 1.00 bits per heavy atom. The van der Waals surface area contributed by atoms with E-state index in [0.717, 1.165) is 12.2 Å². The van der Waals surface area contributed by atoms with Gasteiger partial charge < -0.3 is 0 Å². The van der Waals surface area contributed by atoms with Crippen LogP contribution in [-0.4, -0.2) is 29.2 Å². The van der Waals surface area contributed by atoms with Gasteiger partial charge in [-0.05, 0) is 0 Å². The molecule has 2 N–H and O–H groups in total. The molecule has 0 bridgehead atoms. The molecule has 38 valence electrons. The van der Waals surface area contributed by atoms with Crippen LogP contribution < -0.4 is 0 Å². The van der Waals surface area contributed by atoms with E-state index in [0.29, 0.717) is 0 Å². The molecule has 5 heteroatoms. The van der Waals surface area contributed by atoms with Gasteiger partial charge in [0.15, 0.2) is 0 Å². The number of hydrogen-bond acceptors (Lipinski definition) is 4. The van der Waals surface area contributed by atoms with Crippen molar-refractivity contribution in [2.75, 3.05) is 0 Å². The SMILES string of the molecule is N=C=O.N=C=O.[Se]. The van der Waals surface area contributed by atoms with Gasteiger partial charge in [0, 0.05) is 17.1 Å². The monoisotopic (exact) mass is 166 g/mol. The van der Waals surface area contributed by atoms with Gasteiger partial charge in [-0.2, -0.15) is 0 Å². The van der Waals surface area contributed by atoms with E-state index in [-0.39, 0.29) is 17.1 Å². The summed E-state index contributed by atoms with van der Waals surface area (Å²) in [4.78, 5) is 16.7. The van der Waals surface area contributed by atoms with Crippen molar-refractivity contribution >= 4 is 29.2 Å². The Kier molecular flexibility index (Phi) is 137. The predicted molar refractivity (Wildman–Crippen MR) is 22.6 cm³/mol. The molecule has 0 rings (SSSR count). The molecule has 0 heterocycles. The van der Waals surface area contributed by atoms with E-state index < -0.39 is 0 Å². The Labute approximate surface area is 50.4 Å². The Hall–Kier alpha value is -0.721. The van der Waals surface area contributed by atoms with Crippen LogP contribution >= 0.6 is 0 Å². The van der Waals surface area contributed by atoms with Crippen molar-refractivity contribution in [3.8, 4) is 0 Å². The van der Waals surface area contributed by atoms with Crippen molar-refractivity contribution in [2.24, 2.45) is 0 Å². The summed E-state index contributed by atoms with van der Waals surface area (Å²) in [6.07, 6.45) is 1.50. The zero-order valence-electron chi connectivity index (χ0n) is 3.22. The maximum atomic E-state index is 8.35. The quantitative estimate of drug-likeness (QED) is 0.286. The maximum absolute atomic E-state index is 8.35. The van der Waals surface area contributed by atoms with Crippen molar-refractivity contribution in [2.45, 2.75) is 0 Å². The molecule has 7 heavy (non-hydrogen) atoms. The van der Waals surface area contributed by atoms with Crippen LogP contribution in [0.2, 0.25) is 0 Å². The number of carbonyl (C=O) groups excluding carboxylic acids is 2. The van der Waals surface area contributed by atoms with Crippen molar-refractivity contribution in [1.82, 2.24) is 0 Å². The minimum absolute atomic E-state index is 0. The second-order valence-corrected chi connectivity index (χ2v) is 0.204. The van der Waals surface area contributed by atoms with Crippen LogP contribution in [0.25, 0.3) is 0 Å². The van der Waals surface area contributed by atoms with Crippen LogP contribution in [0, 0.1) is 10.8 Å². The maximum Gasteiger partial charge on any atom is 0.231 e. The summed E-state index contributed by atoms with van der Waals surface area (Å²) in [5, 5.41) is 10.8. The fraction of sp³-hybridized carbons (Fsp3) is 0. The van der Waals surface area contributed by atoms with Gasteiger partial charge in [0.25, 0.3) is 0 Å². The average Bonchev–Trinajstić information content (AvgIpc) is 1.39. The summed E-state index contributed by atoms with van der Waals surface area (Å²) < 4.78 is 0. The van der Waals surface area contributed by atoms with Crippen LogP contribution in [0.15, 0.2) is 0 Å². The van der Waals surface area contributed by atoms with Gasteiger partial charge in [-0.25, -0.2) is 20.4 Å². The molecule has 0 fully saturated rings. The van der Waals surface area contributed by atoms with Gasteiger partial charge in [-0.1, -0.05) is 0 Å². The largest absolute Gasteiger partial charge is 0.231 e. The fourth-order valence-corrected chi connectivity index (χ4v) is 0. The molecule has 2 radical (unpaired) electrons. The first-order valence-electron chi connectivity index (χ1n) is 0.908. The molecule has 0 saturated carbocycles. The summed E-state index contributed by atoms with van der Waals surface area (Å²) in [7, 11) is 0. The van der Waals surface area contributed by atoms with Gasteiger partial charge in [-0.3, -0.25) is 0 Å². The van der Waals surface area contributed by atoms with Crippen molar-refractivity contribution in [3.63, 3.8) is 0 Å². The van der Waals surface area contributed by atoms with Gasteiger partial charge in [0.2, 0.25) is 12.2 Å². The van der Waals surface area contributed by atoms with E-state index in [4.69, 9.17) is 20.4 Å². The average molecular weight is 165 g/mol. The van der Waals surface area contributed by atoms with E-state index in [9.17, 15) is 0 Å². The summed E-state index contributed by atoms with van der Waals surface area (Å²) in [6.45, 7) is 0. The second kappa shape index (κ2) is 59.1. The Bertz CT molecular complexity index is 67.7. The number of nitrogens with one attached hydrogen (secondary N) is 2. The molecule has 0 aromatic heterocycles. The molecule has 4 nitrogen and oxygen atoms in total. The van der Waals surface area contributed by atoms with Crippen LogP contribution in [0.5, 0.6) is 0 Å². The van der Waals surface area contributed by atoms with Gasteiger partial charge in [0.05, 0.1) is 0 Å². The topological polar surface area (TPSA) is 81.8 Å². The van der Waals surface area contributed by atoms with Gasteiger partial charge in [0.1, 0.15) is 0 Å². The molecule has 0 aliphatic heterocycles. The number of rotatable bonds is 0. The molecule has 0 atom stereocenters. The smallest absolute Gasteiger partial charge is 0.222 e. The summed E-state index contributed by atoms with van der Waals surface area (Å²) in [5.41, 5.74) is 0. The third-order valence-corrected chi connectivity index (χ3v) is 0. The zero-order valence-corrected chi connectivity index (χ0v) is 4.94. The number of hydrogen-bond donors (Lipinski definition) is 2. The second-order valence-electron chi connectivity index (χ2n) is 0.204. The predicted octanol–water partition coefficient (Wildman–Crippen LogP) is -0.579. The van der Waals surface area contributed by atoms with Crippen LogP contribution in [-0.2, 0) is 9.59 Å². The summed E-state index contributed by atoms with van der Waals surface area (Å²) >= 11 is 0. The minimum atomic E-state index is 0. The molecule has 0 saturated heterocycles. The van der Waals surface area contributed by atoms with Crippen LogP contribution in [0.4, 0.5) is 0 Å².